The van der Waals surface area contributed by atoms with E-state index in [0.29, 0.717) is 6.61 Å². The summed E-state index contributed by atoms with van der Waals surface area (Å²) in [5, 5.41) is 0. The van der Waals surface area contributed by atoms with Gasteiger partial charge in [0.15, 0.2) is 0 Å². The van der Waals surface area contributed by atoms with Crippen molar-refractivity contribution in [2.75, 3.05) is 6.61 Å². The minimum atomic E-state index is -0.111. The van der Waals surface area contributed by atoms with Crippen LogP contribution in [0.15, 0.2) is 12.2 Å². The number of esters is 1. The molecule has 0 saturated carbocycles. The molecule has 0 aromatic heterocycles. The van der Waals surface area contributed by atoms with E-state index in [4.69, 9.17) is 4.74 Å². The molecule has 0 radical (unpaired) electrons. The molecule has 0 N–H and O–H groups in total. The molecule has 0 spiro atoms. The molecule has 0 amide bonds. The summed E-state index contributed by atoms with van der Waals surface area (Å²) in [7, 11) is 0. The molecular weight excluding hydrogens is 152 g/mol. The average molecular weight is 170 g/mol. The third-order valence-corrected chi connectivity index (χ3v) is 1.40. The fraction of sp³-hybridized carbons (Fsp3) is 0.700. The van der Waals surface area contributed by atoms with Crippen molar-refractivity contribution in [3.63, 3.8) is 0 Å². The SMILES string of the molecule is CC/C=C/CCOC(=O)C(C)C. The van der Waals surface area contributed by atoms with Crippen molar-refractivity contribution >= 4 is 5.97 Å². The third-order valence-electron chi connectivity index (χ3n) is 1.40. The highest BCUT2D eigenvalue weighted by atomic mass is 16.5. The quantitative estimate of drug-likeness (QED) is 0.360. The molecule has 0 heterocycles. The van der Waals surface area contributed by atoms with Crippen LogP contribution in [0.1, 0.15) is 33.6 Å². The molecule has 0 aliphatic rings. The van der Waals surface area contributed by atoms with Gasteiger partial charge in [-0.25, -0.2) is 0 Å². The first-order valence-corrected chi connectivity index (χ1v) is 4.50. The van der Waals surface area contributed by atoms with Crippen molar-refractivity contribution in [3.8, 4) is 0 Å². The predicted octanol–water partition coefficient (Wildman–Crippen LogP) is 2.54. The van der Waals surface area contributed by atoms with Crippen molar-refractivity contribution in [3.05, 3.63) is 12.2 Å². The summed E-state index contributed by atoms with van der Waals surface area (Å²) in [4.78, 5) is 10.9. The lowest BCUT2D eigenvalue weighted by atomic mass is 10.2. The zero-order valence-corrected chi connectivity index (χ0v) is 8.17. The number of ether oxygens (including phenoxy) is 1. The number of hydrogen-bond acceptors (Lipinski definition) is 2. The topological polar surface area (TPSA) is 26.3 Å². The van der Waals surface area contributed by atoms with Crippen LogP contribution in [-0.4, -0.2) is 12.6 Å². The largest absolute Gasteiger partial charge is 0.465 e. The molecule has 0 rings (SSSR count). The first-order chi connectivity index (χ1) is 5.68. The van der Waals surface area contributed by atoms with E-state index >= 15 is 0 Å². The van der Waals surface area contributed by atoms with E-state index in [1.165, 1.54) is 0 Å². The van der Waals surface area contributed by atoms with E-state index < -0.39 is 0 Å². The molecule has 0 unspecified atom stereocenters. The summed E-state index contributed by atoms with van der Waals surface area (Å²) >= 11 is 0. The van der Waals surface area contributed by atoms with E-state index in [1.54, 1.807) is 0 Å². The highest BCUT2D eigenvalue weighted by Gasteiger charge is 2.06. The Morgan fingerprint density at radius 2 is 2.08 bits per heavy atom. The molecular formula is C10H18O2. The first kappa shape index (κ1) is 11.2. The van der Waals surface area contributed by atoms with Gasteiger partial charge < -0.3 is 4.74 Å². The molecule has 0 aliphatic heterocycles. The summed E-state index contributed by atoms with van der Waals surface area (Å²) in [5.74, 6) is -0.125. The van der Waals surface area contributed by atoms with Crippen LogP contribution >= 0.6 is 0 Å². The van der Waals surface area contributed by atoms with Crippen LogP contribution in [0, 0.1) is 5.92 Å². The Morgan fingerprint density at radius 3 is 2.58 bits per heavy atom. The molecule has 0 bridgehead atoms. The molecule has 0 aliphatic carbocycles. The fourth-order valence-electron chi connectivity index (χ4n) is 0.679. The molecule has 12 heavy (non-hydrogen) atoms. The summed E-state index contributed by atoms with van der Waals surface area (Å²) in [5.41, 5.74) is 0. The van der Waals surface area contributed by atoms with Crippen molar-refractivity contribution in [1.82, 2.24) is 0 Å². The number of hydrogen-bond donors (Lipinski definition) is 0. The van der Waals surface area contributed by atoms with Crippen molar-refractivity contribution < 1.29 is 9.53 Å². The van der Waals surface area contributed by atoms with Gasteiger partial charge in [-0.05, 0) is 12.8 Å². The van der Waals surface area contributed by atoms with Crippen molar-refractivity contribution in [2.24, 2.45) is 5.92 Å². The van der Waals surface area contributed by atoms with E-state index in [-0.39, 0.29) is 11.9 Å². The van der Waals surface area contributed by atoms with E-state index in [2.05, 4.69) is 13.0 Å². The van der Waals surface area contributed by atoms with Gasteiger partial charge in [-0.1, -0.05) is 32.9 Å². The molecule has 0 saturated heterocycles. The lowest BCUT2D eigenvalue weighted by Gasteiger charge is -2.04. The maximum atomic E-state index is 10.9. The highest BCUT2D eigenvalue weighted by Crippen LogP contribution is 1.97. The first-order valence-electron chi connectivity index (χ1n) is 4.50. The second-order valence-electron chi connectivity index (χ2n) is 2.99. The summed E-state index contributed by atoms with van der Waals surface area (Å²) in [6.45, 7) is 6.26. The lowest BCUT2D eigenvalue weighted by Crippen LogP contribution is -2.11. The van der Waals surface area contributed by atoms with Crippen LogP contribution < -0.4 is 0 Å². The Kier molecular flexibility index (Phi) is 6.44. The Balaban J connectivity index is 3.31. The van der Waals surface area contributed by atoms with Crippen LogP contribution in [0.25, 0.3) is 0 Å². The second kappa shape index (κ2) is 6.89. The van der Waals surface area contributed by atoms with Gasteiger partial charge >= 0.3 is 5.97 Å². The van der Waals surface area contributed by atoms with Crippen LogP contribution in [0.3, 0.4) is 0 Å². The normalized spacial score (nSPS) is 11.0. The third kappa shape index (κ3) is 5.96. The Morgan fingerprint density at radius 1 is 1.42 bits per heavy atom. The minimum absolute atomic E-state index is 0.0137. The highest BCUT2D eigenvalue weighted by molar-refractivity contribution is 5.71. The standard InChI is InChI=1S/C10H18O2/c1-4-5-6-7-8-12-10(11)9(2)3/h5-6,9H,4,7-8H2,1-3H3/b6-5+. The maximum Gasteiger partial charge on any atom is 0.308 e. The van der Waals surface area contributed by atoms with Gasteiger partial charge in [-0.15, -0.1) is 0 Å². The minimum Gasteiger partial charge on any atom is -0.465 e. The smallest absolute Gasteiger partial charge is 0.308 e. The monoisotopic (exact) mass is 170 g/mol. The number of carbonyl (C=O) groups is 1. The van der Waals surface area contributed by atoms with E-state index in [1.807, 2.05) is 19.9 Å². The molecule has 0 aromatic rings. The second-order valence-corrected chi connectivity index (χ2v) is 2.99. The van der Waals surface area contributed by atoms with E-state index in [0.717, 1.165) is 12.8 Å². The molecule has 70 valence electrons. The van der Waals surface area contributed by atoms with Gasteiger partial charge in [0.2, 0.25) is 0 Å². The lowest BCUT2D eigenvalue weighted by molar-refractivity contribution is -0.147. The molecule has 2 nitrogen and oxygen atoms in total. The average Bonchev–Trinajstić information content (AvgIpc) is 2.03. The van der Waals surface area contributed by atoms with E-state index in [9.17, 15) is 4.79 Å². The van der Waals surface area contributed by atoms with Crippen LogP contribution in [0.4, 0.5) is 0 Å². The number of rotatable bonds is 5. The van der Waals surface area contributed by atoms with Gasteiger partial charge in [0.05, 0.1) is 12.5 Å². The Hall–Kier alpha value is -0.790. The van der Waals surface area contributed by atoms with Gasteiger partial charge in [-0.3, -0.25) is 4.79 Å². The molecule has 2 heteroatoms. The Bertz CT molecular complexity index is 148. The predicted molar refractivity (Wildman–Crippen MR) is 49.8 cm³/mol. The van der Waals surface area contributed by atoms with Gasteiger partial charge in [0.1, 0.15) is 0 Å². The van der Waals surface area contributed by atoms with Gasteiger partial charge in [0, 0.05) is 0 Å². The van der Waals surface area contributed by atoms with Crippen LogP contribution in [-0.2, 0) is 9.53 Å². The summed E-state index contributed by atoms with van der Waals surface area (Å²) in [6.07, 6.45) is 5.97. The number of carbonyl (C=O) groups excluding carboxylic acids is 1. The Labute approximate surface area is 74.6 Å². The zero-order valence-electron chi connectivity index (χ0n) is 8.17. The number of allylic oxidation sites excluding steroid dienone is 1. The zero-order chi connectivity index (χ0) is 9.40. The molecule has 0 fully saturated rings. The van der Waals surface area contributed by atoms with Crippen LogP contribution in [0.2, 0.25) is 0 Å². The summed E-state index contributed by atoms with van der Waals surface area (Å²) in [6, 6.07) is 0. The van der Waals surface area contributed by atoms with Gasteiger partial charge in [-0.2, -0.15) is 0 Å². The van der Waals surface area contributed by atoms with Gasteiger partial charge in [0.25, 0.3) is 0 Å². The van der Waals surface area contributed by atoms with Crippen molar-refractivity contribution in [2.45, 2.75) is 33.6 Å². The molecule has 0 atom stereocenters. The summed E-state index contributed by atoms with van der Waals surface area (Å²) < 4.78 is 4.96. The fourth-order valence-corrected chi connectivity index (χ4v) is 0.679. The maximum absolute atomic E-state index is 10.9. The molecule has 0 aromatic carbocycles. The van der Waals surface area contributed by atoms with Crippen molar-refractivity contribution in [1.29, 1.82) is 0 Å². The van der Waals surface area contributed by atoms with Crippen LogP contribution in [0.5, 0.6) is 0 Å².